The standard InChI is InChI=1S/C21H18BrNO3S/c1-2-26-21(25)19-17(15-6-4-3-5-7-15)13-27-20(19)23-18(24)12-14-8-10-16(22)11-9-14/h3-11,13H,2,12H2,1H3,(H,23,24). The molecular formula is C21H18BrNO3S. The maximum atomic E-state index is 12.5. The van der Waals surface area contributed by atoms with Crippen LogP contribution in [-0.4, -0.2) is 18.5 Å². The third-order valence-electron chi connectivity index (χ3n) is 3.89. The number of ether oxygens (including phenoxy) is 1. The average molecular weight is 444 g/mol. The molecule has 1 N–H and O–H groups in total. The van der Waals surface area contributed by atoms with Crippen LogP contribution in [0.5, 0.6) is 0 Å². The zero-order valence-electron chi connectivity index (χ0n) is 14.7. The number of halogens is 1. The molecule has 6 heteroatoms. The number of amides is 1. The fourth-order valence-corrected chi connectivity index (χ4v) is 3.88. The van der Waals surface area contributed by atoms with Crippen molar-refractivity contribution in [2.75, 3.05) is 11.9 Å². The van der Waals surface area contributed by atoms with E-state index in [0.717, 1.165) is 21.2 Å². The Bertz CT molecular complexity index is 936. The van der Waals surface area contributed by atoms with Crippen LogP contribution in [0.1, 0.15) is 22.8 Å². The molecule has 0 saturated carbocycles. The van der Waals surface area contributed by atoms with Crippen LogP contribution in [0, 0.1) is 0 Å². The van der Waals surface area contributed by atoms with Crippen LogP contribution in [0.15, 0.2) is 64.5 Å². The van der Waals surface area contributed by atoms with E-state index in [0.29, 0.717) is 10.6 Å². The highest BCUT2D eigenvalue weighted by Gasteiger charge is 2.22. The fraction of sp³-hybridized carbons (Fsp3) is 0.143. The van der Waals surface area contributed by atoms with E-state index in [1.165, 1.54) is 11.3 Å². The van der Waals surface area contributed by atoms with Crippen LogP contribution >= 0.6 is 27.3 Å². The molecule has 0 fully saturated rings. The Morgan fingerprint density at radius 3 is 2.44 bits per heavy atom. The largest absolute Gasteiger partial charge is 0.462 e. The Labute approximate surface area is 170 Å². The molecular weight excluding hydrogens is 426 g/mol. The van der Waals surface area contributed by atoms with Gasteiger partial charge in [0.15, 0.2) is 0 Å². The summed E-state index contributed by atoms with van der Waals surface area (Å²) in [5.74, 6) is -0.610. The van der Waals surface area contributed by atoms with E-state index < -0.39 is 5.97 Å². The van der Waals surface area contributed by atoms with Crippen LogP contribution < -0.4 is 5.32 Å². The number of hydrogen-bond acceptors (Lipinski definition) is 4. The third-order valence-corrected chi connectivity index (χ3v) is 5.31. The van der Waals surface area contributed by atoms with Gasteiger partial charge in [0.25, 0.3) is 0 Å². The van der Waals surface area contributed by atoms with Gasteiger partial charge >= 0.3 is 5.97 Å². The summed E-state index contributed by atoms with van der Waals surface area (Å²) in [5, 5.41) is 5.25. The number of esters is 1. The molecule has 0 saturated heterocycles. The molecule has 138 valence electrons. The molecule has 1 heterocycles. The molecule has 27 heavy (non-hydrogen) atoms. The molecule has 0 aliphatic heterocycles. The number of hydrogen-bond donors (Lipinski definition) is 1. The van der Waals surface area contributed by atoms with E-state index in [1.54, 1.807) is 6.92 Å². The first kappa shape index (κ1) is 19.3. The Balaban J connectivity index is 1.86. The Morgan fingerprint density at radius 2 is 1.78 bits per heavy atom. The Kier molecular flexibility index (Phi) is 6.42. The number of carbonyl (C=O) groups is 2. The Hall–Kier alpha value is -2.44. The normalized spacial score (nSPS) is 10.4. The summed E-state index contributed by atoms with van der Waals surface area (Å²) >= 11 is 4.71. The van der Waals surface area contributed by atoms with Crippen molar-refractivity contribution in [3.63, 3.8) is 0 Å². The number of benzene rings is 2. The molecule has 3 aromatic rings. The van der Waals surface area contributed by atoms with Gasteiger partial charge in [0.1, 0.15) is 10.6 Å². The van der Waals surface area contributed by atoms with Crippen LogP contribution in [0.3, 0.4) is 0 Å². The van der Waals surface area contributed by atoms with Gasteiger partial charge in [-0.2, -0.15) is 0 Å². The monoisotopic (exact) mass is 443 g/mol. The summed E-state index contributed by atoms with van der Waals surface area (Å²) in [7, 11) is 0. The van der Waals surface area contributed by atoms with Gasteiger partial charge in [-0.3, -0.25) is 4.79 Å². The Morgan fingerprint density at radius 1 is 1.07 bits per heavy atom. The molecule has 0 unspecified atom stereocenters. The maximum Gasteiger partial charge on any atom is 0.341 e. The fourth-order valence-electron chi connectivity index (χ4n) is 2.64. The number of anilines is 1. The highest BCUT2D eigenvalue weighted by atomic mass is 79.9. The van der Waals surface area contributed by atoms with Crippen molar-refractivity contribution in [1.82, 2.24) is 0 Å². The number of nitrogens with one attached hydrogen (secondary N) is 1. The van der Waals surface area contributed by atoms with Gasteiger partial charge < -0.3 is 10.1 Å². The van der Waals surface area contributed by atoms with E-state index in [-0.39, 0.29) is 18.9 Å². The van der Waals surface area contributed by atoms with Crippen molar-refractivity contribution in [1.29, 1.82) is 0 Å². The number of carbonyl (C=O) groups excluding carboxylic acids is 2. The minimum atomic E-state index is -0.434. The summed E-state index contributed by atoms with van der Waals surface area (Å²) in [6, 6.07) is 17.2. The molecule has 0 radical (unpaired) electrons. The van der Waals surface area contributed by atoms with Gasteiger partial charge in [0.2, 0.25) is 5.91 Å². The van der Waals surface area contributed by atoms with Crippen LogP contribution in [0.25, 0.3) is 11.1 Å². The summed E-state index contributed by atoms with van der Waals surface area (Å²) in [5.41, 5.74) is 2.97. The minimum Gasteiger partial charge on any atom is -0.462 e. The first-order chi connectivity index (χ1) is 13.1. The van der Waals surface area contributed by atoms with E-state index in [1.807, 2.05) is 60.0 Å². The van der Waals surface area contributed by atoms with Crippen molar-refractivity contribution < 1.29 is 14.3 Å². The molecule has 0 bridgehead atoms. The van der Waals surface area contributed by atoms with Crippen molar-refractivity contribution in [3.05, 3.63) is 75.6 Å². The molecule has 0 aliphatic carbocycles. The van der Waals surface area contributed by atoms with Crippen LogP contribution in [0.4, 0.5) is 5.00 Å². The van der Waals surface area contributed by atoms with Gasteiger partial charge in [-0.05, 0) is 30.2 Å². The lowest BCUT2D eigenvalue weighted by molar-refractivity contribution is -0.115. The zero-order valence-corrected chi connectivity index (χ0v) is 17.1. The summed E-state index contributed by atoms with van der Waals surface area (Å²) in [6.07, 6.45) is 0.230. The molecule has 2 aromatic carbocycles. The summed E-state index contributed by atoms with van der Waals surface area (Å²) in [6.45, 7) is 2.04. The molecule has 0 atom stereocenters. The lowest BCUT2D eigenvalue weighted by Gasteiger charge is -2.09. The molecule has 0 spiro atoms. The SMILES string of the molecule is CCOC(=O)c1c(-c2ccccc2)csc1NC(=O)Cc1ccc(Br)cc1. The van der Waals surface area contributed by atoms with Crippen molar-refractivity contribution >= 4 is 44.1 Å². The highest BCUT2D eigenvalue weighted by Crippen LogP contribution is 2.36. The van der Waals surface area contributed by atoms with E-state index in [9.17, 15) is 9.59 Å². The first-order valence-corrected chi connectivity index (χ1v) is 10.1. The second kappa shape index (κ2) is 8.97. The molecule has 3 rings (SSSR count). The molecule has 1 amide bonds. The summed E-state index contributed by atoms with van der Waals surface area (Å²) < 4.78 is 6.17. The van der Waals surface area contributed by atoms with Crippen LogP contribution in [0.2, 0.25) is 0 Å². The second-order valence-electron chi connectivity index (χ2n) is 5.79. The number of rotatable bonds is 6. The average Bonchev–Trinajstić information content (AvgIpc) is 3.08. The molecule has 4 nitrogen and oxygen atoms in total. The maximum absolute atomic E-state index is 12.5. The zero-order chi connectivity index (χ0) is 19.2. The van der Waals surface area contributed by atoms with E-state index >= 15 is 0 Å². The smallest absolute Gasteiger partial charge is 0.341 e. The van der Waals surface area contributed by atoms with Crippen molar-refractivity contribution in [2.24, 2.45) is 0 Å². The van der Waals surface area contributed by atoms with Crippen LogP contribution in [-0.2, 0) is 16.0 Å². The third kappa shape index (κ3) is 4.84. The quantitative estimate of drug-likeness (QED) is 0.509. The predicted molar refractivity (Wildman–Crippen MR) is 112 cm³/mol. The summed E-state index contributed by atoms with van der Waals surface area (Å²) in [4.78, 5) is 25.0. The predicted octanol–water partition coefficient (Wildman–Crippen LogP) is 5.54. The van der Waals surface area contributed by atoms with Gasteiger partial charge in [0, 0.05) is 15.4 Å². The highest BCUT2D eigenvalue weighted by molar-refractivity contribution is 9.10. The second-order valence-corrected chi connectivity index (χ2v) is 7.59. The lowest BCUT2D eigenvalue weighted by Crippen LogP contribution is -2.16. The van der Waals surface area contributed by atoms with Gasteiger partial charge in [-0.1, -0.05) is 58.4 Å². The van der Waals surface area contributed by atoms with E-state index in [4.69, 9.17) is 4.74 Å². The van der Waals surface area contributed by atoms with Crippen molar-refractivity contribution in [2.45, 2.75) is 13.3 Å². The van der Waals surface area contributed by atoms with Gasteiger partial charge in [-0.25, -0.2) is 4.79 Å². The topological polar surface area (TPSA) is 55.4 Å². The van der Waals surface area contributed by atoms with Gasteiger partial charge in [-0.15, -0.1) is 11.3 Å². The molecule has 1 aromatic heterocycles. The first-order valence-electron chi connectivity index (χ1n) is 8.46. The molecule has 0 aliphatic rings. The van der Waals surface area contributed by atoms with Gasteiger partial charge in [0.05, 0.1) is 13.0 Å². The lowest BCUT2D eigenvalue weighted by atomic mass is 10.0. The number of thiophene rings is 1. The van der Waals surface area contributed by atoms with E-state index in [2.05, 4.69) is 21.2 Å². The van der Waals surface area contributed by atoms with Crippen molar-refractivity contribution in [3.8, 4) is 11.1 Å². The minimum absolute atomic E-state index is 0.177.